The van der Waals surface area contributed by atoms with Gasteiger partial charge in [0.2, 0.25) is 0 Å². The van der Waals surface area contributed by atoms with Crippen molar-refractivity contribution in [1.82, 2.24) is 4.57 Å². The maximum Gasteiger partial charge on any atom is 0.355 e. The van der Waals surface area contributed by atoms with Crippen molar-refractivity contribution in [2.24, 2.45) is 7.05 Å². The van der Waals surface area contributed by atoms with Crippen molar-refractivity contribution in [3.63, 3.8) is 0 Å². The summed E-state index contributed by atoms with van der Waals surface area (Å²) in [5.74, 6) is -1.21. The topological polar surface area (TPSA) is 77.4 Å². The number of carbonyl (C=O) groups excluding carboxylic acids is 3. The van der Waals surface area contributed by atoms with E-state index in [-0.39, 0.29) is 11.5 Å². The van der Waals surface area contributed by atoms with Crippen LogP contribution in [-0.2, 0) is 23.0 Å². The second-order valence-corrected chi connectivity index (χ2v) is 5.46. The molecule has 0 aliphatic heterocycles. The molecule has 0 spiro atoms. The maximum atomic E-state index is 12.0. The van der Waals surface area contributed by atoms with E-state index in [0.29, 0.717) is 11.3 Å². The Labute approximate surface area is 140 Å². The van der Waals surface area contributed by atoms with Gasteiger partial charge in [0.05, 0.1) is 0 Å². The summed E-state index contributed by atoms with van der Waals surface area (Å²) in [5.41, 5.74) is 2.41. The second kappa shape index (κ2) is 7.59. The quantitative estimate of drug-likeness (QED) is 0.653. The van der Waals surface area contributed by atoms with Crippen LogP contribution in [0.25, 0.3) is 0 Å². The van der Waals surface area contributed by atoms with E-state index >= 15 is 0 Å². The number of amides is 1. The van der Waals surface area contributed by atoms with E-state index in [1.165, 1.54) is 17.6 Å². The number of esters is 1. The number of Topliss-reactive ketones (excluding diaryl/α,β-unsaturated/α-hetero) is 1. The van der Waals surface area contributed by atoms with Crippen molar-refractivity contribution < 1.29 is 19.1 Å². The predicted molar refractivity (Wildman–Crippen MR) is 90.1 cm³/mol. The molecule has 2 rings (SSSR count). The van der Waals surface area contributed by atoms with Crippen molar-refractivity contribution >= 4 is 23.3 Å². The molecule has 0 aliphatic carbocycles. The van der Waals surface area contributed by atoms with Crippen LogP contribution in [0.15, 0.2) is 36.5 Å². The summed E-state index contributed by atoms with van der Waals surface area (Å²) < 4.78 is 6.51. The van der Waals surface area contributed by atoms with Crippen LogP contribution >= 0.6 is 0 Å². The van der Waals surface area contributed by atoms with Gasteiger partial charge < -0.3 is 14.6 Å². The highest BCUT2D eigenvalue weighted by molar-refractivity contribution is 5.98. The van der Waals surface area contributed by atoms with E-state index in [4.69, 9.17) is 4.74 Å². The number of benzene rings is 1. The molecule has 0 saturated carbocycles. The zero-order valence-electron chi connectivity index (χ0n) is 14.0. The lowest BCUT2D eigenvalue weighted by Crippen LogP contribution is -2.21. The zero-order valence-corrected chi connectivity index (χ0v) is 14.0. The average molecular weight is 328 g/mol. The summed E-state index contributed by atoms with van der Waals surface area (Å²) >= 11 is 0. The fraction of sp³-hybridized carbons (Fsp3) is 0.278. The van der Waals surface area contributed by atoms with E-state index in [9.17, 15) is 14.4 Å². The van der Waals surface area contributed by atoms with Crippen LogP contribution in [0.2, 0.25) is 0 Å². The maximum absolute atomic E-state index is 12.0. The zero-order chi connectivity index (χ0) is 17.7. The number of aromatic nitrogens is 1. The Hall–Kier alpha value is -2.89. The summed E-state index contributed by atoms with van der Waals surface area (Å²) in [6.07, 6.45) is 2.42. The van der Waals surface area contributed by atoms with Gasteiger partial charge in [0.25, 0.3) is 5.91 Å². The number of carbonyl (C=O) groups is 3. The molecule has 24 heavy (non-hydrogen) atoms. The van der Waals surface area contributed by atoms with Crippen LogP contribution in [-0.4, -0.2) is 28.8 Å². The Kier molecular flexibility index (Phi) is 5.52. The molecule has 0 bridgehead atoms. The minimum atomic E-state index is -0.651. The number of nitrogens with one attached hydrogen (secondary N) is 1. The Balaban J connectivity index is 1.93. The highest BCUT2D eigenvalue weighted by Gasteiger charge is 2.16. The van der Waals surface area contributed by atoms with Gasteiger partial charge in [0, 0.05) is 24.5 Å². The highest BCUT2D eigenvalue weighted by Crippen LogP contribution is 2.12. The molecule has 6 heteroatoms. The first-order valence-electron chi connectivity index (χ1n) is 7.64. The van der Waals surface area contributed by atoms with E-state index in [1.54, 1.807) is 19.3 Å². The van der Waals surface area contributed by atoms with Crippen molar-refractivity contribution in [2.45, 2.75) is 20.3 Å². The molecule has 6 nitrogen and oxygen atoms in total. The second-order valence-electron chi connectivity index (χ2n) is 5.46. The van der Waals surface area contributed by atoms with E-state index in [0.717, 1.165) is 12.0 Å². The average Bonchev–Trinajstić information content (AvgIpc) is 2.95. The molecule has 0 saturated heterocycles. The number of hydrogen-bond donors (Lipinski definition) is 1. The monoisotopic (exact) mass is 328 g/mol. The third-order valence-corrected chi connectivity index (χ3v) is 3.57. The molecule has 1 aromatic carbocycles. The van der Waals surface area contributed by atoms with Crippen molar-refractivity contribution in [3.05, 3.63) is 53.3 Å². The number of hydrogen-bond acceptors (Lipinski definition) is 4. The molecule has 1 aromatic heterocycles. The van der Waals surface area contributed by atoms with Gasteiger partial charge in [0.1, 0.15) is 5.69 Å². The Bertz CT molecular complexity index is 777. The molecule has 1 amide bonds. The lowest BCUT2D eigenvalue weighted by atomic mass is 10.1. The van der Waals surface area contributed by atoms with E-state index < -0.39 is 18.5 Å². The summed E-state index contributed by atoms with van der Waals surface area (Å²) in [4.78, 5) is 35.2. The molecule has 0 unspecified atom stereocenters. The first kappa shape index (κ1) is 17.5. The lowest BCUT2D eigenvalue weighted by molar-refractivity contribution is -0.119. The van der Waals surface area contributed by atoms with Crippen LogP contribution < -0.4 is 5.32 Å². The minimum Gasteiger partial charge on any atom is -0.451 e. The number of ketones is 1. The van der Waals surface area contributed by atoms with Crippen LogP contribution in [0.5, 0.6) is 0 Å². The summed E-state index contributed by atoms with van der Waals surface area (Å²) in [6, 6.07) is 8.92. The minimum absolute atomic E-state index is 0.141. The fourth-order valence-corrected chi connectivity index (χ4v) is 2.23. The third kappa shape index (κ3) is 4.32. The van der Waals surface area contributed by atoms with Crippen LogP contribution in [0.1, 0.15) is 40.3 Å². The van der Waals surface area contributed by atoms with Gasteiger partial charge >= 0.3 is 5.97 Å². The molecule has 126 valence electrons. The standard InChI is InChI=1S/C18H20N2O4/c1-4-13-6-5-7-15(8-13)19-17(22)11-24-18(23)16-9-14(12(2)21)10-20(16)3/h5-10H,4,11H2,1-3H3,(H,19,22). The van der Waals surface area contributed by atoms with Crippen molar-refractivity contribution in [1.29, 1.82) is 0 Å². The largest absolute Gasteiger partial charge is 0.451 e. The molecule has 1 N–H and O–H groups in total. The van der Waals surface area contributed by atoms with Gasteiger partial charge in [-0.25, -0.2) is 4.79 Å². The summed E-state index contributed by atoms with van der Waals surface area (Å²) in [6.45, 7) is 3.05. The third-order valence-electron chi connectivity index (χ3n) is 3.57. The van der Waals surface area contributed by atoms with Crippen molar-refractivity contribution in [3.8, 4) is 0 Å². The Morgan fingerprint density at radius 2 is 1.96 bits per heavy atom. The molecule has 0 radical (unpaired) electrons. The van der Waals surface area contributed by atoms with E-state index in [2.05, 4.69) is 5.32 Å². The molecular weight excluding hydrogens is 308 g/mol. The van der Waals surface area contributed by atoms with Crippen LogP contribution in [0.3, 0.4) is 0 Å². The van der Waals surface area contributed by atoms with Gasteiger partial charge in [-0.1, -0.05) is 19.1 Å². The molecule has 2 aromatic rings. The molecule has 0 aliphatic rings. The van der Waals surface area contributed by atoms with Gasteiger partial charge in [-0.2, -0.15) is 0 Å². The first-order chi connectivity index (χ1) is 11.4. The Morgan fingerprint density at radius 1 is 1.21 bits per heavy atom. The number of nitrogens with zero attached hydrogens (tertiary/aromatic N) is 1. The van der Waals surface area contributed by atoms with Crippen molar-refractivity contribution in [2.75, 3.05) is 11.9 Å². The molecule has 1 heterocycles. The van der Waals surface area contributed by atoms with Gasteiger partial charge in [0.15, 0.2) is 12.4 Å². The fourth-order valence-electron chi connectivity index (χ4n) is 2.23. The van der Waals surface area contributed by atoms with E-state index in [1.807, 2.05) is 25.1 Å². The first-order valence-corrected chi connectivity index (χ1v) is 7.64. The number of rotatable bonds is 6. The highest BCUT2D eigenvalue weighted by atomic mass is 16.5. The van der Waals surface area contributed by atoms with Gasteiger partial charge in [-0.05, 0) is 37.1 Å². The number of ether oxygens (including phenoxy) is 1. The SMILES string of the molecule is CCc1cccc(NC(=O)COC(=O)c2cc(C(C)=O)cn2C)c1. The number of anilines is 1. The van der Waals surface area contributed by atoms with Crippen LogP contribution in [0, 0.1) is 0 Å². The molecule has 0 fully saturated rings. The predicted octanol–water partition coefficient (Wildman–Crippen LogP) is 2.59. The lowest BCUT2D eigenvalue weighted by Gasteiger charge is -2.08. The van der Waals surface area contributed by atoms with Gasteiger partial charge in [-0.3, -0.25) is 9.59 Å². The molecule has 0 atom stereocenters. The molecular formula is C18H20N2O4. The summed E-state index contributed by atoms with van der Waals surface area (Å²) in [7, 11) is 1.64. The normalized spacial score (nSPS) is 10.3. The number of aryl methyl sites for hydroxylation is 2. The van der Waals surface area contributed by atoms with Crippen LogP contribution in [0.4, 0.5) is 5.69 Å². The summed E-state index contributed by atoms with van der Waals surface area (Å²) in [5, 5.41) is 2.68. The Morgan fingerprint density at radius 3 is 2.58 bits per heavy atom. The smallest absolute Gasteiger partial charge is 0.355 e. The van der Waals surface area contributed by atoms with Gasteiger partial charge in [-0.15, -0.1) is 0 Å².